The van der Waals surface area contributed by atoms with Crippen molar-refractivity contribution in [3.63, 3.8) is 0 Å². The average Bonchev–Trinajstić information content (AvgIpc) is 2.99. The maximum Gasteiger partial charge on any atom is 0.315 e. The molecule has 0 aliphatic carbocycles. The maximum absolute atomic E-state index is 12.2. The van der Waals surface area contributed by atoms with Gasteiger partial charge < -0.3 is 16.0 Å². The molecule has 3 amide bonds. The minimum absolute atomic E-state index is 0.130. The average molecular weight is 391 g/mol. The Morgan fingerprint density at radius 2 is 1.69 bits per heavy atom. The van der Waals surface area contributed by atoms with E-state index in [1.165, 1.54) is 6.92 Å². The van der Waals surface area contributed by atoms with Gasteiger partial charge in [0.25, 0.3) is 0 Å². The minimum atomic E-state index is -0.263. The third kappa shape index (κ3) is 5.22. The summed E-state index contributed by atoms with van der Waals surface area (Å²) in [6.45, 7) is 6.15. The van der Waals surface area contributed by atoms with Crippen molar-refractivity contribution in [2.45, 2.75) is 33.9 Å². The van der Waals surface area contributed by atoms with Crippen LogP contribution in [-0.4, -0.2) is 21.7 Å². The zero-order valence-corrected chi connectivity index (χ0v) is 16.8. The summed E-state index contributed by atoms with van der Waals surface area (Å²) in [7, 11) is 0. The monoisotopic (exact) mass is 391 g/mol. The van der Waals surface area contributed by atoms with Gasteiger partial charge >= 0.3 is 6.03 Å². The Labute approximate surface area is 170 Å². The van der Waals surface area contributed by atoms with Crippen LogP contribution < -0.4 is 16.0 Å². The second-order valence-electron chi connectivity index (χ2n) is 6.81. The van der Waals surface area contributed by atoms with Crippen LogP contribution in [0.25, 0.3) is 5.69 Å². The lowest BCUT2D eigenvalue weighted by molar-refractivity contribution is -0.114. The molecule has 3 N–H and O–H groups in total. The van der Waals surface area contributed by atoms with Crippen LogP contribution in [0, 0.1) is 13.8 Å². The molecule has 0 bridgehead atoms. The van der Waals surface area contributed by atoms with Crippen LogP contribution in [-0.2, 0) is 17.9 Å². The van der Waals surface area contributed by atoms with Gasteiger partial charge in [-0.1, -0.05) is 30.3 Å². The van der Waals surface area contributed by atoms with E-state index in [9.17, 15) is 9.59 Å². The smallest absolute Gasteiger partial charge is 0.315 e. The van der Waals surface area contributed by atoms with E-state index in [1.54, 1.807) is 6.07 Å². The number of aromatic nitrogens is 2. The number of benzene rings is 2. The minimum Gasteiger partial charge on any atom is -0.334 e. The van der Waals surface area contributed by atoms with Crippen molar-refractivity contribution in [2.24, 2.45) is 0 Å². The van der Waals surface area contributed by atoms with Gasteiger partial charge in [0.05, 0.1) is 11.4 Å². The van der Waals surface area contributed by atoms with Crippen LogP contribution in [0.15, 0.2) is 54.6 Å². The second-order valence-corrected chi connectivity index (χ2v) is 6.81. The zero-order chi connectivity index (χ0) is 20.8. The summed E-state index contributed by atoms with van der Waals surface area (Å²) in [6, 6.07) is 17.0. The Kier molecular flexibility index (Phi) is 6.29. The highest BCUT2D eigenvalue weighted by Crippen LogP contribution is 2.17. The molecule has 0 radical (unpaired) electrons. The quantitative estimate of drug-likeness (QED) is 0.601. The fourth-order valence-corrected chi connectivity index (χ4v) is 3.13. The third-order valence-corrected chi connectivity index (χ3v) is 4.57. The van der Waals surface area contributed by atoms with Gasteiger partial charge in [-0.3, -0.25) is 4.79 Å². The fourth-order valence-electron chi connectivity index (χ4n) is 3.13. The Hall–Kier alpha value is -3.61. The van der Waals surface area contributed by atoms with Gasteiger partial charge in [-0.15, -0.1) is 0 Å². The highest BCUT2D eigenvalue weighted by Gasteiger charge is 2.13. The van der Waals surface area contributed by atoms with Crippen LogP contribution in [0.3, 0.4) is 0 Å². The number of carbonyl (C=O) groups excluding carboxylic acids is 2. The van der Waals surface area contributed by atoms with Gasteiger partial charge in [-0.25, -0.2) is 9.48 Å². The van der Waals surface area contributed by atoms with Crippen molar-refractivity contribution < 1.29 is 9.59 Å². The molecule has 7 heteroatoms. The summed E-state index contributed by atoms with van der Waals surface area (Å²) in [5.41, 5.74) is 5.47. The van der Waals surface area contributed by atoms with E-state index in [-0.39, 0.29) is 11.9 Å². The number of nitrogens with one attached hydrogen (secondary N) is 3. The zero-order valence-electron chi connectivity index (χ0n) is 16.8. The van der Waals surface area contributed by atoms with Gasteiger partial charge in [-0.2, -0.15) is 5.10 Å². The van der Waals surface area contributed by atoms with E-state index >= 15 is 0 Å². The van der Waals surface area contributed by atoms with Gasteiger partial charge in [0.1, 0.15) is 0 Å². The molecule has 2 aromatic carbocycles. The van der Waals surface area contributed by atoms with E-state index in [0.29, 0.717) is 18.8 Å². The Bertz CT molecular complexity index is 1010. The molecule has 0 fully saturated rings. The molecule has 0 saturated carbocycles. The molecule has 0 saturated heterocycles. The summed E-state index contributed by atoms with van der Waals surface area (Å²) >= 11 is 0. The largest absolute Gasteiger partial charge is 0.334 e. The standard InChI is InChI=1S/C22H25N5O2/c1-15-21(16(2)27(26-15)20-10-5-4-6-11-20)14-24-22(29)23-13-18-8-7-9-19(12-18)25-17(3)28/h4-12H,13-14H2,1-3H3,(H,25,28)(H2,23,24,29). The summed E-state index contributed by atoms with van der Waals surface area (Å²) < 4.78 is 1.89. The molecule has 0 aliphatic heterocycles. The summed E-state index contributed by atoms with van der Waals surface area (Å²) in [5, 5.41) is 13.1. The Balaban J connectivity index is 1.58. The molecule has 1 heterocycles. The maximum atomic E-state index is 12.2. The lowest BCUT2D eigenvalue weighted by atomic mass is 10.2. The molecule has 150 valence electrons. The molecule has 7 nitrogen and oxygen atoms in total. The van der Waals surface area contributed by atoms with E-state index in [1.807, 2.05) is 67.1 Å². The lowest BCUT2D eigenvalue weighted by Crippen LogP contribution is -2.34. The Morgan fingerprint density at radius 3 is 2.41 bits per heavy atom. The molecule has 0 aliphatic rings. The fraction of sp³-hybridized carbons (Fsp3) is 0.227. The van der Waals surface area contributed by atoms with Crippen molar-refractivity contribution in [3.8, 4) is 5.69 Å². The first-order valence-electron chi connectivity index (χ1n) is 9.43. The van der Waals surface area contributed by atoms with Crippen molar-refractivity contribution in [1.29, 1.82) is 0 Å². The number of aryl methyl sites for hydroxylation is 1. The molecule has 0 atom stereocenters. The molecule has 0 spiro atoms. The number of amides is 3. The number of rotatable bonds is 6. The van der Waals surface area contributed by atoms with Gasteiger partial charge in [0, 0.05) is 37.0 Å². The van der Waals surface area contributed by atoms with Crippen molar-refractivity contribution in [1.82, 2.24) is 20.4 Å². The highest BCUT2D eigenvalue weighted by atomic mass is 16.2. The number of anilines is 1. The van der Waals surface area contributed by atoms with E-state index in [4.69, 9.17) is 0 Å². The number of hydrogen-bond acceptors (Lipinski definition) is 3. The first-order chi connectivity index (χ1) is 13.9. The summed E-state index contributed by atoms with van der Waals surface area (Å²) in [5.74, 6) is -0.130. The molecule has 1 aromatic heterocycles. The summed E-state index contributed by atoms with van der Waals surface area (Å²) in [6.07, 6.45) is 0. The van der Waals surface area contributed by atoms with E-state index < -0.39 is 0 Å². The molecule has 3 aromatic rings. The molecule has 3 rings (SSSR count). The van der Waals surface area contributed by atoms with E-state index in [0.717, 1.165) is 28.2 Å². The van der Waals surface area contributed by atoms with Crippen LogP contribution >= 0.6 is 0 Å². The molecular weight excluding hydrogens is 366 g/mol. The normalized spacial score (nSPS) is 10.4. The van der Waals surface area contributed by atoms with Crippen molar-refractivity contribution in [2.75, 3.05) is 5.32 Å². The highest BCUT2D eigenvalue weighted by molar-refractivity contribution is 5.88. The van der Waals surface area contributed by atoms with Crippen molar-refractivity contribution in [3.05, 3.63) is 77.1 Å². The second kappa shape index (κ2) is 9.05. The third-order valence-electron chi connectivity index (χ3n) is 4.57. The Morgan fingerprint density at radius 1 is 0.966 bits per heavy atom. The van der Waals surface area contributed by atoms with Crippen LogP contribution in [0.4, 0.5) is 10.5 Å². The molecule has 29 heavy (non-hydrogen) atoms. The SMILES string of the molecule is CC(=O)Nc1cccc(CNC(=O)NCc2c(C)nn(-c3ccccc3)c2C)c1. The van der Waals surface area contributed by atoms with Crippen molar-refractivity contribution >= 4 is 17.6 Å². The van der Waals surface area contributed by atoms with Crippen LogP contribution in [0.1, 0.15) is 29.4 Å². The van der Waals surface area contributed by atoms with Gasteiger partial charge in [0.15, 0.2) is 0 Å². The van der Waals surface area contributed by atoms with Crippen LogP contribution in [0.2, 0.25) is 0 Å². The number of urea groups is 1. The lowest BCUT2D eigenvalue weighted by Gasteiger charge is -2.10. The first-order valence-corrected chi connectivity index (χ1v) is 9.43. The van der Waals surface area contributed by atoms with Crippen LogP contribution in [0.5, 0.6) is 0 Å². The number of nitrogens with zero attached hydrogens (tertiary/aromatic N) is 2. The molecule has 0 unspecified atom stereocenters. The summed E-state index contributed by atoms with van der Waals surface area (Å²) in [4.78, 5) is 23.4. The van der Waals surface area contributed by atoms with Gasteiger partial charge in [-0.05, 0) is 43.7 Å². The van der Waals surface area contributed by atoms with E-state index in [2.05, 4.69) is 21.0 Å². The predicted octanol–water partition coefficient (Wildman–Crippen LogP) is 3.45. The van der Waals surface area contributed by atoms with Gasteiger partial charge in [0.2, 0.25) is 5.91 Å². The predicted molar refractivity (Wildman–Crippen MR) is 113 cm³/mol. The number of para-hydroxylation sites is 1. The molecular formula is C22H25N5O2. The first kappa shape index (κ1) is 20.1. The number of hydrogen-bond donors (Lipinski definition) is 3. The topological polar surface area (TPSA) is 88.1 Å². The number of carbonyl (C=O) groups is 2.